The number of thiophene rings is 1. The highest BCUT2D eigenvalue weighted by Crippen LogP contribution is 2.43. The topological polar surface area (TPSA) is 50.1 Å². The van der Waals surface area contributed by atoms with Crippen LogP contribution in [0.1, 0.15) is 17.0 Å². The Kier molecular flexibility index (Phi) is 4.32. The first kappa shape index (κ1) is 18.8. The minimum Gasteiger partial charge on any atom is -0.355 e. The van der Waals surface area contributed by atoms with E-state index in [4.69, 9.17) is 0 Å². The highest BCUT2D eigenvalue weighted by Gasteiger charge is 2.48. The normalized spacial score (nSPS) is 19.4. The zero-order valence-corrected chi connectivity index (χ0v) is 16.8. The van der Waals surface area contributed by atoms with Crippen molar-refractivity contribution in [2.75, 3.05) is 31.1 Å². The summed E-state index contributed by atoms with van der Waals surface area (Å²) in [6, 6.07) is 1.61. The van der Waals surface area contributed by atoms with Crippen molar-refractivity contribution in [3.05, 3.63) is 35.5 Å². The smallest absolute Gasteiger partial charge is 0.355 e. The van der Waals surface area contributed by atoms with Crippen molar-refractivity contribution in [2.24, 2.45) is 12.5 Å². The van der Waals surface area contributed by atoms with Crippen LogP contribution < -0.4 is 4.90 Å². The lowest BCUT2D eigenvalue weighted by Crippen LogP contribution is -2.57. The maximum absolute atomic E-state index is 12.8. The van der Waals surface area contributed by atoms with Gasteiger partial charge in [-0.2, -0.15) is 13.2 Å². The van der Waals surface area contributed by atoms with E-state index >= 15 is 0 Å². The number of halogens is 3. The Bertz CT molecular complexity index is 1040. The fourth-order valence-corrected chi connectivity index (χ4v) is 5.60. The Morgan fingerprint density at radius 1 is 1.21 bits per heavy atom. The molecule has 5 rings (SSSR count). The van der Waals surface area contributed by atoms with Gasteiger partial charge in [0.25, 0.3) is 0 Å². The van der Waals surface area contributed by atoms with Crippen LogP contribution in [-0.4, -0.2) is 56.8 Å². The van der Waals surface area contributed by atoms with Crippen LogP contribution >= 0.6 is 11.3 Å². The molecule has 0 aromatic carbocycles. The lowest BCUT2D eigenvalue weighted by atomic mass is 9.79. The number of hydrogen-bond acceptors (Lipinski definition) is 6. The van der Waals surface area contributed by atoms with Gasteiger partial charge in [0.15, 0.2) is 0 Å². The van der Waals surface area contributed by atoms with Gasteiger partial charge < -0.3 is 9.47 Å². The van der Waals surface area contributed by atoms with Crippen LogP contribution in [0.4, 0.5) is 19.0 Å². The fourth-order valence-electron chi connectivity index (χ4n) is 4.58. The molecule has 0 aliphatic carbocycles. The number of aryl methyl sites for hydroxylation is 1. The van der Waals surface area contributed by atoms with E-state index in [0.717, 1.165) is 61.7 Å². The number of anilines is 1. The Balaban J connectivity index is 1.29. The molecule has 154 valence electrons. The number of imidazole rings is 1. The fraction of sp³-hybridized carbons (Fsp3) is 0.526. The third kappa shape index (κ3) is 3.59. The summed E-state index contributed by atoms with van der Waals surface area (Å²) in [5, 5.41) is 0.736. The van der Waals surface area contributed by atoms with Crippen molar-refractivity contribution in [3.63, 3.8) is 0 Å². The number of hydrogen-bond donors (Lipinski definition) is 0. The lowest BCUT2D eigenvalue weighted by molar-refractivity contribution is -0.126. The van der Waals surface area contributed by atoms with Crippen molar-refractivity contribution >= 4 is 27.4 Å². The van der Waals surface area contributed by atoms with Crippen LogP contribution in [0.25, 0.3) is 10.2 Å². The average molecular weight is 422 g/mol. The molecule has 29 heavy (non-hydrogen) atoms. The first-order valence-electron chi connectivity index (χ1n) is 9.53. The van der Waals surface area contributed by atoms with Crippen LogP contribution in [0.15, 0.2) is 24.9 Å². The first-order chi connectivity index (χ1) is 13.8. The van der Waals surface area contributed by atoms with Crippen molar-refractivity contribution in [1.82, 2.24) is 24.4 Å². The quantitative estimate of drug-likeness (QED) is 0.646. The summed E-state index contributed by atoms with van der Waals surface area (Å²) in [6.45, 7) is 4.68. The van der Waals surface area contributed by atoms with Gasteiger partial charge in [0.2, 0.25) is 0 Å². The van der Waals surface area contributed by atoms with Crippen LogP contribution in [-0.2, 0) is 20.0 Å². The van der Waals surface area contributed by atoms with Crippen LogP contribution in [0.3, 0.4) is 0 Å². The summed E-state index contributed by atoms with van der Waals surface area (Å²) in [6.07, 6.45) is 1.12. The monoisotopic (exact) mass is 422 g/mol. The second-order valence-electron chi connectivity index (χ2n) is 8.23. The van der Waals surface area contributed by atoms with Crippen molar-refractivity contribution < 1.29 is 13.2 Å². The number of fused-ring (bicyclic) bond motifs is 1. The predicted octanol–water partition coefficient (Wildman–Crippen LogP) is 3.24. The van der Waals surface area contributed by atoms with E-state index < -0.39 is 12.6 Å². The molecule has 2 fully saturated rings. The average Bonchev–Trinajstić information content (AvgIpc) is 3.31. The molecule has 2 saturated heterocycles. The molecule has 0 atom stereocenters. The second kappa shape index (κ2) is 6.66. The van der Waals surface area contributed by atoms with Gasteiger partial charge in [-0.25, -0.2) is 15.0 Å². The second-order valence-corrected chi connectivity index (χ2v) is 9.35. The molecule has 5 heterocycles. The van der Waals surface area contributed by atoms with Gasteiger partial charge in [-0.05, 0) is 12.5 Å². The number of aromatic nitrogens is 4. The molecular weight excluding hydrogens is 401 g/mol. The van der Waals surface area contributed by atoms with E-state index in [1.807, 2.05) is 24.1 Å². The highest BCUT2D eigenvalue weighted by atomic mass is 32.1. The van der Waals surface area contributed by atoms with Gasteiger partial charge in [0, 0.05) is 56.3 Å². The van der Waals surface area contributed by atoms with E-state index in [2.05, 4.69) is 24.8 Å². The summed E-state index contributed by atoms with van der Waals surface area (Å²) in [7, 11) is 2.00. The van der Waals surface area contributed by atoms with Crippen molar-refractivity contribution in [3.8, 4) is 0 Å². The molecule has 2 aliphatic heterocycles. The summed E-state index contributed by atoms with van der Waals surface area (Å²) >= 11 is 1.11. The van der Waals surface area contributed by atoms with Crippen molar-refractivity contribution in [2.45, 2.75) is 25.6 Å². The SMILES string of the molecule is Cn1cncc1CN1CC2(CCN(c3ncnc4sc(CC(F)(F)F)cc34)C2)C1. The van der Waals surface area contributed by atoms with Gasteiger partial charge in [0.1, 0.15) is 17.0 Å². The van der Waals surface area contributed by atoms with Gasteiger partial charge in [0.05, 0.1) is 23.8 Å². The number of alkyl halides is 3. The molecule has 0 saturated carbocycles. The predicted molar refractivity (Wildman–Crippen MR) is 105 cm³/mol. The molecular formula is C19H21F3N6S. The maximum atomic E-state index is 12.8. The van der Waals surface area contributed by atoms with Crippen molar-refractivity contribution in [1.29, 1.82) is 0 Å². The number of nitrogens with zero attached hydrogens (tertiary/aromatic N) is 6. The van der Waals surface area contributed by atoms with E-state index in [1.54, 1.807) is 6.07 Å². The standard InChI is InChI=1S/C19H21F3N6S/c1-26-12-23-6-13(26)7-27-8-18(9-27)2-3-28(10-18)16-15-4-14(5-19(20,21)22)29-17(15)25-11-24-16/h4,6,11-12H,2-3,5,7-10H2,1H3. The molecule has 0 unspecified atom stereocenters. The molecule has 1 spiro atoms. The van der Waals surface area contributed by atoms with Gasteiger partial charge >= 0.3 is 6.18 Å². The molecule has 2 aliphatic rings. The zero-order chi connectivity index (χ0) is 20.2. The number of rotatable bonds is 4. The minimum absolute atomic E-state index is 0.237. The van der Waals surface area contributed by atoms with E-state index in [1.165, 1.54) is 12.0 Å². The van der Waals surface area contributed by atoms with E-state index in [9.17, 15) is 13.2 Å². The molecule has 0 radical (unpaired) electrons. The Labute approximate surface area is 170 Å². The van der Waals surface area contributed by atoms with Crippen LogP contribution in [0.5, 0.6) is 0 Å². The molecule has 10 heteroatoms. The van der Waals surface area contributed by atoms with Gasteiger partial charge in [-0.15, -0.1) is 11.3 Å². The molecule has 6 nitrogen and oxygen atoms in total. The lowest BCUT2D eigenvalue weighted by Gasteiger charge is -2.48. The number of likely N-dealkylation sites (tertiary alicyclic amines) is 1. The Morgan fingerprint density at radius 3 is 2.76 bits per heavy atom. The van der Waals surface area contributed by atoms with Gasteiger partial charge in [-0.1, -0.05) is 0 Å². The summed E-state index contributed by atoms with van der Waals surface area (Å²) in [5.74, 6) is 0.765. The first-order valence-corrected chi connectivity index (χ1v) is 10.3. The van der Waals surface area contributed by atoms with Gasteiger partial charge in [-0.3, -0.25) is 4.90 Å². The largest absolute Gasteiger partial charge is 0.393 e. The summed E-state index contributed by atoms with van der Waals surface area (Å²) in [5.41, 5.74) is 1.43. The summed E-state index contributed by atoms with van der Waals surface area (Å²) in [4.78, 5) is 18.3. The maximum Gasteiger partial charge on any atom is 0.393 e. The minimum atomic E-state index is -4.21. The molecule has 0 bridgehead atoms. The molecule has 3 aromatic heterocycles. The third-order valence-corrected chi connectivity index (χ3v) is 6.94. The Morgan fingerprint density at radius 2 is 2.03 bits per heavy atom. The van der Waals surface area contributed by atoms with E-state index in [-0.39, 0.29) is 10.3 Å². The Hall–Kier alpha value is -2.20. The van der Waals surface area contributed by atoms with Crippen LogP contribution in [0, 0.1) is 5.41 Å². The zero-order valence-electron chi connectivity index (χ0n) is 16.0. The third-order valence-electron chi connectivity index (χ3n) is 5.89. The summed E-state index contributed by atoms with van der Waals surface area (Å²) < 4.78 is 40.4. The van der Waals surface area contributed by atoms with Crippen LogP contribution in [0.2, 0.25) is 0 Å². The molecule has 3 aromatic rings. The van der Waals surface area contributed by atoms with E-state index in [0.29, 0.717) is 4.83 Å². The molecule has 0 N–H and O–H groups in total. The molecule has 0 amide bonds. The highest BCUT2D eigenvalue weighted by molar-refractivity contribution is 7.18.